The number of thiazole rings is 1. The number of unbranched alkanes of at least 4 members (excludes halogenated alkanes) is 1. The predicted octanol–water partition coefficient (Wildman–Crippen LogP) is 7.45. The zero-order valence-electron chi connectivity index (χ0n) is 26.9. The number of quaternary nitrogens is 1. The second-order valence-corrected chi connectivity index (χ2v) is 12.9. The van der Waals surface area contributed by atoms with E-state index < -0.39 is 0 Å². The number of aromatic nitrogens is 2. The summed E-state index contributed by atoms with van der Waals surface area (Å²) in [6, 6.07) is 16.4. The van der Waals surface area contributed by atoms with Crippen molar-refractivity contribution in [2.24, 2.45) is 0 Å². The summed E-state index contributed by atoms with van der Waals surface area (Å²) in [6.45, 7) is 5.22. The molecule has 0 saturated carbocycles. The van der Waals surface area contributed by atoms with Gasteiger partial charge in [-0.15, -0.1) is 11.3 Å². The third kappa shape index (κ3) is 8.29. The van der Waals surface area contributed by atoms with Crippen molar-refractivity contribution in [1.29, 1.82) is 0 Å². The highest BCUT2D eigenvalue weighted by molar-refractivity contribution is 7.19. The average molecular weight is 628 g/mol. The number of methoxy groups -OCH3 is 2. The maximum absolute atomic E-state index is 11.7. The highest BCUT2D eigenvalue weighted by Gasteiger charge is 2.20. The molecule has 0 amide bonds. The highest BCUT2D eigenvalue weighted by Crippen LogP contribution is 2.38. The van der Waals surface area contributed by atoms with E-state index in [4.69, 9.17) is 19.2 Å². The summed E-state index contributed by atoms with van der Waals surface area (Å²) >= 11 is 1.64. The summed E-state index contributed by atoms with van der Waals surface area (Å²) in [5.74, 6) is 1.57. The molecule has 8 nitrogen and oxygen atoms in total. The first-order valence-corrected chi connectivity index (χ1v) is 16.3. The lowest BCUT2D eigenvalue weighted by molar-refractivity contribution is -0.890. The van der Waals surface area contributed by atoms with Gasteiger partial charge in [-0.25, -0.2) is 9.97 Å². The van der Waals surface area contributed by atoms with Crippen LogP contribution in [0.1, 0.15) is 43.2 Å². The Balaban J connectivity index is 1.26. The molecule has 1 aliphatic heterocycles. The molecule has 0 atom stereocenters. The van der Waals surface area contributed by atoms with Crippen LogP contribution in [0.3, 0.4) is 0 Å². The van der Waals surface area contributed by atoms with Gasteiger partial charge in [0.2, 0.25) is 0 Å². The second kappa shape index (κ2) is 14.7. The number of esters is 1. The van der Waals surface area contributed by atoms with Gasteiger partial charge in [-0.05, 0) is 73.4 Å². The van der Waals surface area contributed by atoms with E-state index in [1.54, 1.807) is 25.6 Å². The van der Waals surface area contributed by atoms with Crippen LogP contribution in [-0.2, 0) is 9.53 Å². The maximum atomic E-state index is 11.7. The number of carbonyl (C=O) groups is 1. The molecule has 4 aromatic rings. The Morgan fingerprint density at radius 3 is 2.47 bits per heavy atom. The fraction of sp³-hybridized carbons (Fsp3) is 0.361. The number of ether oxygens (including phenoxy) is 3. The number of hydrogen-bond acceptors (Lipinski definition) is 8. The summed E-state index contributed by atoms with van der Waals surface area (Å²) in [4.78, 5) is 23.5. The van der Waals surface area contributed by atoms with E-state index in [9.17, 15) is 4.79 Å². The topological polar surface area (TPSA) is 73.8 Å². The van der Waals surface area contributed by atoms with Crippen molar-refractivity contribution >= 4 is 45.0 Å². The molecule has 236 valence electrons. The van der Waals surface area contributed by atoms with Crippen molar-refractivity contribution in [3.8, 4) is 22.6 Å². The fourth-order valence-electron chi connectivity index (χ4n) is 5.57. The number of allylic oxidation sites excluding steroid dienone is 2. The quantitative estimate of drug-likeness (QED) is 0.0817. The Bertz CT molecular complexity index is 1680. The molecule has 0 aliphatic carbocycles. The van der Waals surface area contributed by atoms with Crippen LogP contribution in [0.25, 0.3) is 33.1 Å². The SMILES string of the molecule is CCOC(=O)CCC[N+](C)(C)CCCCN1C=CC(=Cc2nc3ncc(-c4ccc(OC)cc4)cc3s2)c2ccc(OC)cc21. The van der Waals surface area contributed by atoms with E-state index in [-0.39, 0.29) is 5.97 Å². The minimum Gasteiger partial charge on any atom is -0.497 e. The molecule has 0 N–H and O–H groups in total. The molecule has 2 aromatic carbocycles. The van der Waals surface area contributed by atoms with E-state index in [0.717, 1.165) is 98.2 Å². The maximum Gasteiger partial charge on any atom is 0.305 e. The monoisotopic (exact) mass is 627 g/mol. The van der Waals surface area contributed by atoms with Crippen LogP contribution < -0.4 is 14.4 Å². The van der Waals surface area contributed by atoms with Crippen molar-refractivity contribution in [1.82, 2.24) is 9.97 Å². The van der Waals surface area contributed by atoms with Gasteiger partial charge in [0.15, 0.2) is 5.65 Å². The van der Waals surface area contributed by atoms with Gasteiger partial charge in [0.25, 0.3) is 0 Å². The van der Waals surface area contributed by atoms with Gasteiger partial charge >= 0.3 is 5.97 Å². The molecule has 0 unspecified atom stereocenters. The van der Waals surface area contributed by atoms with Gasteiger partial charge in [-0.2, -0.15) is 0 Å². The van der Waals surface area contributed by atoms with E-state index >= 15 is 0 Å². The Morgan fingerprint density at radius 2 is 1.71 bits per heavy atom. The number of pyridine rings is 1. The standard InChI is InChI=1S/C36H43N4O4S/c1-6-44-35(41)10-9-21-40(2,3)20-8-7-18-39-19-17-27(31-16-15-30(43-5)24-32(31)39)23-34-38-36-33(45-34)22-28(25-37-36)26-11-13-29(42-4)14-12-26/h11-17,19,22-25H,6-10,18,20-21H2,1-5H3/q+1. The summed E-state index contributed by atoms with van der Waals surface area (Å²) in [5, 5.41) is 0.919. The Morgan fingerprint density at radius 1 is 0.956 bits per heavy atom. The summed E-state index contributed by atoms with van der Waals surface area (Å²) in [6.07, 6.45) is 11.8. The smallest absolute Gasteiger partial charge is 0.305 e. The molecule has 1 aliphatic rings. The summed E-state index contributed by atoms with van der Waals surface area (Å²) in [7, 11) is 7.85. The van der Waals surface area contributed by atoms with E-state index in [1.807, 2.05) is 43.5 Å². The number of benzene rings is 2. The van der Waals surface area contributed by atoms with Crippen LogP contribution in [0.4, 0.5) is 5.69 Å². The Labute approximate surface area is 270 Å². The number of anilines is 1. The van der Waals surface area contributed by atoms with Crippen LogP contribution in [0.2, 0.25) is 0 Å². The number of nitrogens with zero attached hydrogens (tertiary/aromatic N) is 4. The van der Waals surface area contributed by atoms with Gasteiger partial charge in [0.05, 0.1) is 64.8 Å². The van der Waals surface area contributed by atoms with Gasteiger partial charge in [0, 0.05) is 42.6 Å². The third-order valence-electron chi connectivity index (χ3n) is 8.09. The molecule has 0 bridgehead atoms. The average Bonchev–Trinajstić information content (AvgIpc) is 3.45. The normalized spacial score (nSPS) is 13.7. The Kier molecular flexibility index (Phi) is 10.5. The van der Waals surface area contributed by atoms with Crippen molar-refractivity contribution in [3.63, 3.8) is 0 Å². The van der Waals surface area contributed by atoms with Crippen molar-refractivity contribution in [3.05, 3.63) is 77.6 Å². The van der Waals surface area contributed by atoms with E-state index in [2.05, 4.69) is 60.5 Å². The van der Waals surface area contributed by atoms with Crippen molar-refractivity contribution in [2.45, 2.75) is 32.6 Å². The molecule has 0 fully saturated rings. The van der Waals surface area contributed by atoms with Crippen LogP contribution in [0, 0.1) is 0 Å². The molecule has 45 heavy (non-hydrogen) atoms. The number of fused-ring (bicyclic) bond motifs is 2. The molecule has 0 radical (unpaired) electrons. The van der Waals surface area contributed by atoms with Crippen LogP contribution in [-0.4, -0.2) is 75.0 Å². The predicted molar refractivity (Wildman–Crippen MR) is 184 cm³/mol. The molecule has 3 heterocycles. The second-order valence-electron chi connectivity index (χ2n) is 11.8. The van der Waals surface area contributed by atoms with Gasteiger partial charge in [0.1, 0.15) is 16.5 Å². The minimum absolute atomic E-state index is 0.101. The summed E-state index contributed by atoms with van der Waals surface area (Å²) < 4.78 is 17.9. The van der Waals surface area contributed by atoms with Crippen molar-refractivity contribution < 1.29 is 23.5 Å². The molecule has 9 heteroatoms. The first kappa shape index (κ1) is 32.2. The van der Waals surface area contributed by atoms with Gasteiger partial charge in [-0.1, -0.05) is 12.1 Å². The van der Waals surface area contributed by atoms with Gasteiger partial charge < -0.3 is 23.6 Å². The lowest BCUT2D eigenvalue weighted by Gasteiger charge is -2.31. The third-order valence-corrected chi connectivity index (χ3v) is 9.03. The highest BCUT2D eigenvalue weighted by atomic mass is 32.1. The molecule has 0 spiro atoms. The van der Waals surface area contributed by atoms with Gasteiger partial charge in [-0.3, -0.25) is 4.79 Å². The van der Waals surface area contributed by atoms with Crippen LogP contribution >= 0.6 is 11.3 Å². The zero-order valence-corrected chi connectivity index (χ0v) is 27.7. The first-order chi connectivity index (χ1) is 21.8. The summed E-state index contributed by atoms with van der Waals surface area (Å²) in [5.41, 5.74) is 6.29. The fourth-order valence-corrected chi connectivity index (χ4v) is 6.49. The molecule has 5 rings (SSSR count). The lowest BCUT2D eigenvalue weighted by atomic mass is 9.99. The Hall–Kier alpha value is -4.21. The number of rotatable bonds is 14. The first-order valence-electron chi connectivity index (χ1n) is 15.5. The largest absolute Gasteiger partial charge is 0.497 e. The number of hydrogen-bond donors (Lipinski definition) is 0. The zero-order chi connectivity index (χ0) is 31.8. The van der Waals surface area contributed by atoms with Crippen LogP contribution in [0.15, 0.2) is 67.0 Å². The van der Waals surface area contributed by atoms with E-state index in [1.165, 1.54) is 0 Å². The molecular formula is C36H43N4O4S+. The van der Waals surface area contributed by atoms with Crippen LogP contribution in [0.5, 0.6) is 11.5 Å². The lowest BCUT2D eigenvalue weighted by Crippen LogP contribution is -2.41. The molecule has 2 aromatic heterocycles. The van der Waals surface area contributed by atoms with E-state index in [0.29, 0.717) is 13.0 Å². The number of carbonyl (C=O) groups excluding carboxylic acids is 1. The minimum atomic E-state index is -0.101. The molecule has 0 saturated heterocycles. The van der Waals surface area contributed by atoms with Crippen molar-refractivity contribution in [2.75, 3.05) is 59.5 Å². The molecular weight excluding hydrogens is 584 g/mol.